The average molecular weight is 467 g/mol. The van der Waals surface area contributed by atoms with Gasteiger partial charge in [-0.05, 0) is 73.4 Å². The van der Waals surface area contributed by atoms with Crippen molar-refractivity contribution in [2.75, 3.05) is 13.2 Å². The molecule has 0 heterocycles. The molecule has 33 heavy (non-hydrogen) atoms. The molecule has 0 saturated carbocycles. The van der Waals surface area contributed by atoms with Gasteiger partial charge in [0.1, 0.15) is 12.4 Å². The van der Waals surface area contributed by atoms with Crippen molar-refractivity contribution in [3.63, 3.8) is 0 Å². The van der Waals surface area contributed by atoms with E-state index in [1.807, 2.05) is 81.4 Å². The van der Waals surface area contributed by atoms with Crippen LogP contribution in [0.5, 0.6) is 17.2 Å². The molecule has 0 unspecified atom stereocenters. The van der Waals surface area contributed by atoms with E-state index in [0.29, 0.717) is 35.5 Å². The summed E-state index contributed by atoms with van der Waals surface area (Å²) in [7, 11) is 0. The summed E-state index contributed by atoms with van der Waals surface area (Å²) >= 11 is 5.93. The lowest BCUT2D eigenvalue weighted by Crippen LogP contribution is -2.25. The highest BCUT2D eigenvalue weighted by atomic mass is 35.5. The van der Waals surface area contributed by atoms with Crippen molar-refractivity contribution < 1.29 is 19.0 Å². The normalized spacial score (nSPS) is 10.8. The smallest absolute Gasteiger partial charge is 0.277 e. The SMILES string of the molecule is CCOc1cc(/C=N\NC(=O)COc2c(C)cccc2C)ccc1OCc1ccc(Cl)cc1. The first-order valence-corrected chi connectivity index (χ1v) is 11.0. The van der Waals surface area contributed by atoms with E-state index in [1.165, 1.54) is 0 Å². The van der Waals surface area contributed by atoms with Crippen LogP contribution >= 0.6 is 11.6 Å². The van der Waals surface area contributed by atoms with E-state index in [2.05, 4.69) is 10.5 Å². The van der Waals surface area contributed by atoms with Crippen LogP contribution in [0.3, 0.4) is 0 Å². The minimum atomic E-state index is -0.346. The number of carbonyl (C=O) groups is 1. The van der Waals surface area contributed by atoms with Crippen LogP contribution in [0, 0.1) is 13.8 Å². The van der Waals surface area contributed by atoms with Crippen molar-refractivity contribution >= 4 is 23.7 Å². The second-order valence-corrected chi connectivity index (χ2v) is 7.79. The Bertz CT molecular complexity index is 1090. The molecule has 0 atom stereocenters. The van der Waals surface area contributed by atoms with Gasteiger partial charge in [0, 0.05) is 5.02 Å². The largest absolute Gasteiger partial charge is 0.490 e. The number of benzene rings is 3. The molecule has 0 aliphatic carbocycles. The Morgan fingerprint density at radius 2 is 1.70 bits per heavy atom. The Balaban J connectivity index is 1.56. The molecule has 1 amide bonds. The number of hydrogen-bond acceptors (Lipinski definition) is 5. The number of nitrogens with one attached hydrogen (secondary N) is 1. The molecule has 3 aromatic rings. The van der Waals surface area contributed by atoms with Crippen molar-refractivity contribution in [2.45, 2.75) is 27.4 Å². The molecule has 6 nitrogen and oxygen atoms in total. The fourth-order valence-electron chi connectivity index (χ4n) is 3.11. The van der Waals surface area contributed by atoms with Gasteiger partial charge in [-0.15, -0.1) is 0 Å². The molecule has 3 rings (SSSR count). The summed E-state index contributed by atoms with van der Waals surface area (Å²) in [5.41, 5.74) is 6.20. The van der Waals surface area contributed by atoms with Crippen LogP contribution in [-0.2, 0) is 11.4 Å². The quantitative estimate of drug-likeness (QED) is 0.318. The molecular weight excluding hydrogens is 440 g/mol. The zero-order chi connectivity index (χ0) is 23.6. The van der Waals surface area contributed by atoms with E-state index < -0.39 is 0 Å². The van der Waals surface area contributed by atoms with E-state index in [-0.39, 0.29) is 12.5 Å². The number of amides is 1. The topological polar surface area (TPSA) is 69.2 Å². The van der Waals surface area contributed by atoms with E-state index in [0.717, 1.165) is 22.3 Å². The number of rotatable bonds is 10. The average Bonchev–Trinajstić information content (AvgIpc) is 2.79. The lowest BCUT2D eigenvalue weighted by molar-refractivity contribution is -0.123. The molecule has 1 N–H and O–H groups in total. The summed E-state index contributed by atoms with van der Waals surface area (Å²) in [6, 6.07) is 18.8. The summed E-state index contributed by atoms with van der Waals surface area (Å²) in [5.74, 6) is 1.59. The first kappa shape index (κ1) is 24.1. The Morgan fingerprint density at radius 1 is 0.970 bits per heavy atom. The van der Waals surface area contributed by atoms with Crippen LogP contribution in [0.15, 0.2) is 65.8 Å². The molecule has 0 aliphatic rings. The molecule has 0 saturated heterocycles. The molecule has 0 spiro atoms. The maximum Gasteiger partial charge on any atom is 0.277 e. The van der Waals surface area contributed by atoms with Gasteiger partial charge in [0.2, 0.25) is 0 Å². The fourth-order valence-corrected chi connectivity index (χ4v) is 3.24. The number of ether oxygens (including phenoxy) is 3. The Labute approximate surface area is 199 Å². The van der Waals surface area contributed by atoms with Crippen LogP contribution in [0.25, 0.3) is 0 Å². The highest BCUT2D eigenvalue weighted by Crippen LogP contribution is 2.29. The lowest BCUT2D eigenvalue weighted by atomic mass is 10.1. The van der Waals surface area contributed by atoms with Gasteiger partial charge in [-0.25, -0.2) is 5.43 Å². The van der Waals surface area contributed by atoms with E-state index >= 15 is 0 Å². The minimum absolute atomic E-state index is 0.120. The number of hydrogen-bond donors (Lipinski definition) is 1. The first-order chi connectivity index (χ1) is 16.0. The summed E-state index contributed by atoms with van der Waals surface area (Å²) in [6.07, 6.45) is 1.54. The predicted molar refractivity (Wildman–Crippen MR) is 131 cm³/mol. The number of hydrazone groups is 1. The third kappa shape index (κ3) is 7.26. The maximum absolute atomic E-state index is 12.1. The van der Waals surface area contributed by atoms with Gasteiger partial charge >= 0.3 is 0 Å². The van der Waals surface area contributed by atoms with Crippen LogP contribution in [0.1, 0.15) is 29.2 Å². The van der Waals surface area contributed by atoms with Crippen molar-refractivity contribution in [2.24, 2.45) is 5.10 Å². The fraction of sp³-hybridized carbons (Fsp3) is 0.231. The Kier molecular flexibility index (Phi) is 8.72. The molecule has 7 heteroatoms. The third-order valence-electron chi connectivity index (χ3n) is 4.73. The van der Waals surface area contributed by atoms with Gasteiger partial charge in [0.15, 0.2) is 18.1 Å². The van der Waals surface area contributed by atoms with Crippen molar-refractivity contribution in [3.8, 4) is 17.2 Å². The molecule has 0 bridgehead atoms. The summed E-state index contributed by atoms with van der Waals surface area (Å²) < 4.78 is 17.3. The molecule has 0 radical (unpaired) electrons. The van der Waals surface area contributed by atoms with Crippen LogP contribution in [0.2, 0.25) is 5.02 Å². The number of halogens is 1. The van der Waals surface area contributed by atoms with Crippen LogP contribution in [0.4, 0.5) is 0 Å². The van der Waals surface area contributed by atoms with Gasteiger partial charge in [-0.2, -0.15) is 5.10 Å². The zero-order valence-electron chi connectivity index (χ0n) is 18.9. The van der Waals surface area contributed by atoms with Gasteiger partial charge in [-0.1, -0.05) is 41.9 Å². The number of aryl methyl sites for hydroxylation is 2. The molecule has 172 valence electrons. The minimum Gasteiger partial charge on any atom is -0.490 e. The van der Waals surface area contributed by atoms with Crippen LogP contribution < -0.4 is 19.6 Å². The summed E-state index contributed by atoms with van der Waals surface area (Å²) in [6.45, 7) is 6.55. The van der Waals surface area contributed by atoms with Gasteiger partial charge in [-0.3, -0.25) is 4.79 Å². The summed E-state index contributed by atoms with van der Waals surface area (Å²) in [5, 5.41) is 4.70. The Morgan fingerprint density at radius 3 is 2.39 bits per heavy atom. The zero-order valence-corrected chi connectivity index (χ0v) is 19.7. The number of carbonyl (C=O) groups excluding carboxylic acids is 1. The monoisotopic (exact) mass is 466 g/mol. The second kappa shape index (κ2) is 11.9. The highest BCUT2D eigenvalue weighted by molar-refractivity contribution is 6.30. The molecule has 0 fully saturated rings. The van der Waals surface area contributed by atoms with Gasteiger partial charge < -0.3 is 14.2 Å². The van der Waals surface area contributed by atoms with E-state index in [1.54, 1.807) is 6.21 Å². The first-order valence-electron chi connectivity index (χ1n) is 10.6. The highest BCUT2D eigenvalue weighted by Gasteiger charge is 2.08. The maximum atomic E-state index is 12.1. The standard InChI is InChI=1S/C26H27ClN2O4/c1-4-31-24-14-21(10-13-23(24)32-16-20-8-11-22(27)12-9-20)15-28-29-25(30)17-33-26-18(2)6-5-7-19(26)3/h5-15H,4,16-17H2,1-3H3,(H,29,30)/b28-15-. The third-order valence-corrected chi connectivity index (χ3v) is 4.99. The molecular formula is C26H27ClN2O4. The van der Waals surface area contributed by atoms with Crippen molar-refractivity contribution in [1.29, 1.82) is 0 Å². The van der Waals surface area contributed by atoms with Crippen molar-refractivity contribution in [3.05, 3.63) is 87.9 Å². The van der Waals surface area contributed by atoms with Gasteiger partial charge in [0.25, 0.3) is 5.91 Å². The molecule has 0 aromatic heterocycles. The summed E-state index contributed by atoms with van der Waals surface area (Å²) in [4.78, 5) is 12.1. The lowest BCUT2D eigenvalue weighted by Gasteiger charge is -2.13. The van der Waals surface area contributed by atoms with Crippen LogP contribution in [-0.4, -0.2) is 25.3 Å². The van der Waals surface area contributed by atoms with Gasteiger partial charge in [0.05, 0.1) is 12.8 Å². The van der Waals surface area contributed by atoms with E-state index in [4.69, 9.17) is 25.8 Å². The molecule has 0 aliphatic heterocycles. The Hall–Kier alpha value is -3.51. The van der Waals surface area contributed by atoms with E-state index in [9.17, 15) is 4.79 Å². The number of nitrogens with zero attached hydrogens (tertiary/aromatic N) is 1. The second-order valence-electron chi connectivity index (χ2n) is 7.36. The predicted octanol–water partition coefficient (Wildman–Crippen LogP) is 5.46. The van der Waals surface area contributed by atoms with Crippen molar-refractivity contribution in [1.82, 2.24) is 5.43 Å². The number of para-hydroxylation sites is 1. The molecule has 3 aromatic carbocycles.